The molecule has 0 saturated carbocycles. The Kier molecular flexibility index (Phi) is 6.52. The zero-order valence-corrected chi connectivity index (χ0v) is 20.6. The highest BCUT2D eigenvalue weighted by Gasteiger charge is 2.47. The molecule has 0 bridgehead atoms. The number of ketones is 1. The molecule has 0 aliphatic carbocycles. The predicted molar refractivity (Wildman–Crippen MR) is 137 cm³/mol. The van der Waals surface area contributed by atoms with Gasteiger partial charge >= 0.3 is 12.1 Å². The second-order valence-corrected chi connectivity index (χ2v) is 9.05. The number of Topliss-reactive ketones (excluding diaryl/α,β-unsaturated/α-hetero) is 1. The SMILES string of the molecule is CCOC(=O)C1=C(C)NC2=N/C(=C/c3ccc(-c4cccc(C(F)(F)F)c4)[nH]3)C(=O)C2C1c1ccccc1. The van der Waals surface area contributed by atoms with E-state index in [4.69, 9.17) is 4.74 Å². The summed E-state index contributed by atoms with van der Waals surface area (Å²) in [6.45, 7) is 3.67. The molecule has 5 rings (SSSR count). The van der Waals surface area contributed by atoms with Crippen LogP contribution in [0.5, 0.6) is 0 Å². The molecule has 3 heterocycles. The van der Waals surface area contributed by atoms with Gasteiger partial charge < -0.3 is 15.0 Å². The van der Waals surface area contributed by atoms with E-state index in [1.165, 1.54) is 6.07 Å². The number of alkyl halides is 3. The number of halogens is 3. The highest BCUT2D eigenvalue weighted by atomic mass is 19.4. The van der Waals surface area contributed by atoms with Crippen LogP contribution in [0.2, 0.25) is 0 Å². The van der Waals surface area contributed by atoms with Crippen LogP contribution in [-0.2, 0) is 20.5 Å². The number of benzene rings is 2. The van der Waals surface area contributed by atoms with Crippen molar-refractivity contribution >= 4 is 23.7 Å². The molecule has 6 nitrogen and oxygen atoms in total. The van der Waals surface area contributed by atoms with E-state index in [9.17, 15) is 22.8 Å². The lowest BCUT2D eigenvalue weighted by Gasteiger charge is -2.32. The van der Waals surface area contributed by atoms with Crippen LogP contribution in [0.4, 0.5) is 13.2 Å². The molecule has 0 spiro atoms. The number of hydrogen-bond acceptors (Lipinski definition) is 5. The number of hydrogen-bond donors (Lipinski definition) is 2. The van der Waals surface area contributed by atoms with Crippen molar-refractivity contribution in [1.82, 2.24) is 10.3 Å². The number of carbonyl (C=O) groups is 2. The first-order valence-electron chi connectivity index (χ1n) is 12.1. The molecule has 2 aliphatic rings. The van der Waals surface area contributed by atoms with Crippen LogP contribution in [0.25, 0.3) is 17.3 Å². The molecule has 2 N–H and O–H groups in total. The summed E-state index contributed by atoms with van der Waals surface area (Å²) >= 11 is 0. The Morgan fingerprint density at radius 1 is 1.05 bits per heavy atom. The summed E-state index contributed by atoms with van der Waals surface area (Å²) in [6, 6.07) is 17.6. The second kappa shape index (κ2) is 9.81. The second-order valence-electron chi connectivity index (χ2n) is 9.05. The minimum absolute atomic E-state index is 0.175. The molecule has 2 aromatic carbocycles. The lowest BCUT2D eigenvalue weighted by atomic mass is 9.75. The van der Waals surface area contributed by atoms with Crippen molar-refractivity contribution < 1.29 is 27.5 Å². The maximum Gasteiger partial charge on any atom is 0.416 e. The third kappa shape index (κ3) is 4.67. The Bertz CT molecular complexity index is 1500. The average Bonchev–Trinajstić information content (AvgIpc) is 3.48. The van der Waals surface area contributed by atoms with Gasteiger partial charge in [-0.2, -0.15) is 13.2 Å². The summed E-state index contributed by atoms with van der Waals surface area (Å²) in [5.41, 5.74) is 2.51. The average molecular weight is 520 g/mol. The van der Waals surface area contributed by atoms with E-state index in [-0.39, 0.29) is 18.1 Å². The number of nitrogens with one attached hydrogen (secondary N) is 2. The first kappa shape index (κ1) is 25.3. The van der Waals surface area contributed by atoms with Crippen LogP contribution >= 0.6 is 0 Å². The number of fused-ring (bicyclic) bond motifs is 1. The van der Waals surface area contributed by atoms with E-state index in [2.05, 4.69) is 15.3 Å². The number of amidine groups is 1. The Hall–Kier alpha value is -4.40. The number of nitrogens with zero attached hydrogens (tertiary/aromatic N) is 1. The summed E-state index contributed by atoms with van der Waals surface area (Å²) in [5, 5.41) is 3.12. The molecule has 3 aromatic rings. The van der Waals surface area contributed by atoms with Crippen molar-refractivity contribution in [2.45, 2.75) is 25.9 Å². The van der Waals surface area contributed by atoms with E-state index in [1.807, 2.05) is 30.3 Å². The number of allylic oxidation sites excluding steroid dienone is 2. The molecular formula is C29H24F3N3O3. The molecule has 2 atom stereocenters. The minimum Gasteiger partial charge on any atom is -0.463 e. The van der Waals surface area contributed by atoms with Crippen molar-refractivity contribution in [3.63, 3.8) is 0 Å². The monoisotopic (exact) mass is 519 g/mol. The Morgan fingerprint density at radius 3 is 2.53 bits per heavy atom. The highest BCUT2D eigenvalue weighted by molar-refractivity contribution is 6.21. The van der Waals surface area contributed by atoms with Crippen LogP contribution < -0.4 is 5.32 Å². The molecule has 1 aromatic heterocycles. The first-order chi connectivity index (χ1) is 18.2. The third-order valence-corrected chi connectivity index (χ3v) is 6.59. The Morgan fingerprint density at radius 2 is 1.82 bits per heavy atom. The molecule has 0 saturated heterocycles. The van der Waals surface area contributed by atoms with E-state index in [0.717, 1.165) is 17.7 Å². The van der Waals surface area contributed by atoms with Crippen LogP contribution in [0.15, 0.2) is 88.7 Å². The quantitative estimate of drug-likeness (QED) is 0.327. The molecular weight excluding hydrogens is 495 g/mol. The van der Waals surface area contributed by atoms with Gasteiger partial charge in [-0.3, -0.25) is 4.79 Å². The number of carbonyl (C=O) groups excluding carboxylic acids is 2. The van der Waals surface area contributed by atoms with Gasteiger partial charge in [0.2, 0.25) is 0 Å². The number of rotatable bonds is 5. The van der Waals surface area contributed by atoms with Crippen LogP contribution in [0, 0.1) is 5.92 Å². The van der Waals surface area contributed by atoms with Gasteiger partial charge in [0, 0.05) is 23.0 Å². The van der Waals surface area contributed by atoms with Gasteiger partial charge in [0.15, 0.2) is 5.78 Å². The van der Waals surface area contributed by atoms with Crippen molar-refractivity contribution in [3.05, 3.63) is 101 Å². The summed E-state index contributed by atoms with van der Waals surface area (Å²) in [4.78, 5) is 34.2. The normalized spacial score (nSPS) is 20.3. The molecule has 38 heavy (non-hydrogen) atoms. The lowest BCUT2D eigenvalue weighted by Crippen LogP contribution is -2.42. The van der Waals surface area contributed by atoms with E-state index < -0.39 is 29.5 Å². The van der Waals surface area contributed by atoms with Crippen molar-refractivity contribution in [2.75, 3.05) is 6.61 Å². The summed E-state index contributed by atoms with van der Waals surface area (Å²) in [6.07, 6.45) is -2.89. The summed E-state index contributed by atoms with van der Waals surface area (Å²) in [7, 11) is 0. The molecule has 2 unspecified atom stereocenters. The van der Waals surface area contributed by atoms with E-state index in [0.29, 0.717) is 34.1 Å². The molecule has 9 heteroatoms. The minimum atomic E-state index is -4.45. The first-order valence-corrected chi connectivity index (χ1v) is 12.1. The number of ether oxygens (including phenoxy) is 1. The molecule has 0 amide bonds. The molecule has 194 valence electrons. The number of aliphatic imine (C=N–C) groups is 1. The Balaban J connectivity index is 1.49. The number of aromatic amines is 1. The van der Waals surface area contributed by atoms with Gasteiger partial charge in [-0.1, -0.05) is 42.5 Å². The fraction of sp³-hybridized carbons (Fsp3) is 0.207. The molecule has 0 fully saturated rings. The molecule has 0 radical (unpaired) electrons. The summed E-state index contributed by atoms with van der Waals surface area (Å²) in [5.74, 6) is -1.66. The van der Waals surface area contributed by atoms with Crippen LogP contribution in [0.3, 0.4) is 0 Å². The standard InChI is InChI=1S/C29H24F3N3O3/c1-3-38-28(37)23-16(2)33-27-25(24(23)17-8-5-4-6-9-17)26(36)22(35-27)15-20-12-13-21(34-20)18-10-7-11-19(14-18)29(30,31)32/h4-15,24-25,34H,3H2,1-2H3,(H,33,35)/b22-15+. The lowest BCUT2D eigenvalue weighted by molar-refractivity contribution is -0.139. The smallest absolute Gasteiger partial charge is 0.416 e. The predicted octanol–water partition coefficient (Wildman–Crippen LogP) is 5.86. The van der Waals surface area contributed by atoms with E-state index >= 15 is 0 Å². The van der Waals surface area contributed by atoms with Crippen LogP contribution in [0.1, 0.15) is 36.6 Å². The zero-order valence-electron chi connectivity index (χ0n) is 20.6. The highest BCUT2D eigenvalue weighted by Crippen LogP contribution is 2.42. The van der Waals surface area contributed by atoms with Gasteiger partial charge in [0.05, 0.1) is 23.7 Å². The number of esters is 1. The van der Waals surface area contributed by atoms with Crippen molar-refractivity contribution in [1.29, 1.82) is 0 Å². The fourth-order valence-corrected chi connectivity index (χ4v) is 4.90. The van der Waals surface area contributed by atoms with Crippen molar-refractivity contribution in [2.24, 2.45) is 10.9 Å². The fourth-order valence-electron chi connectivity index (χ4n) is 4.90. The number of aromatic nitrogens is 1. The third-order valence-electron chi connectivity index (χ3n) is 6.59. The van der Waals surface area contributed by atoms with E-state index in [1.54, 1.807) is 38.1 Å². The zero-order chi connectivity index (χ0) is 27.0. The van der Waals surface area contributed by atoms with Gasteiger partial charge in [-0.05, 0) is 55.3 Å². The van der Waals surface area contributed by atoms with Crippen molar-refractivity contribution in [3.8, 4) is 11.3 Å². The molecule has 2 aliphatic heterocycles. The Labute approximate surface area is 216 Å². The van der Waals surface area contributed by atoms with Crippen LogP contribution in [-0.4, -0.2) is 29.2 Å². The largest absolute Gasteiger partial charge is 0.463 e. The van der Waals surface area contributed by atoms with Gasteiger partial charge in [-0.15, -0.1) is 0 Å². The maximum absolute atomic E-state index is 13.7. The van der Waals surface area contributed by atoms with Gasteiger partial charge in [-0.25, -0.2) is 9.79 Å². The van der Waals surface area contributed by atoms with Gasteiger partial charge in [0.1, 0.15) is 11.5 Å². The topological polar surface area (TPSA) is 83.5 Å². The number of H-pyrrole nitrogens is 1. The van der Waals surface area contributed by atoms with Gasteiger partial charge in [0.25, 0.3) is 0 Å². The summed E-state index contributed by atoms with van der Waals surface area (Å²) < 4.78 is 44.7. The maximum atomic E-state index is 13.7.